The highest BCUT2D eigenvalue weighted by Crippen LogP contribution is 2.16. The van der Waals surface area contributed by atoms with Gasteiger partial charge in [-0.05, 0) is 59.8 Å². The van der Waals surface area contributed by atoms with Crippen LogP contribution in [0.15, 0.2) is 66.0 Å². The van der Waals surface area contributed by atoms with Crippen LogP contribution in [0.2, 0.25) is 0 Å². The third-order valence-corrected chi connectivity index (χ3v) is 4.41. The standard InChI is InChI=1S/C19H17FN2OS/c20-15-5-3-14(4-6-15)11-12-21-16-7-9-17(10-8-16)22-19(23)18-2-1-13-24-18/h1-10,13,21H,11-12H2,(H,22,23). The number of anilines is 2. The quantitative estimate of drug-likeness (QED) is 0.677. The van der Waals surface area contributed by atoms with Gasteiger partial charge in [-0.1, -0.05) is 18.2 Å². The number of benzene rings is 2. The molecule has 5 heteroatoms. The number of rotatable bonds is 6. The number of halogens is 1. The number of amides is 1. The van der Waals surface area contributed by atoms with Gasteiger partial charge in [0.2, 0.25) is 0 Å². The average molecular weight is 340 g/mol. The van der Waals surface area contributed by atoms with Crippen molar-refractivity contribution in [1.82, 2.24) is 0 Å². The van der Waals surface area contributed by atoms with Crippen LogP contribution in [-0.4, -0.2) is 12.5 Å². The maximum absolute atomic E-state index is 12.8. The van der Waals surface area contributed by atoms with Crippen LogP contribution in [0, 0.1) is 5.82 Å². The van der Waals surface area contributed by atoms with Crippen molar-refractivity contribution in [2.24, 2.45) is 0 Å². The van der Waals surface area contributed by atoms with Crippen LogP contribution < -0.4 is 10.6 Å². The van der Waals surface area contributed by atoms with Crippen molar-refractivity contribution in [3.8, 4) is 0 Å². The summed E-state index contributed by atoms with van der Waals surface area (Å²) in [6, 6.07) is 17.8. The van der Waals surface area contributed by atoms with E-state index in [1.54, 1.807) is 18.2 Å². The van der Waals surface area contributed by atoms with Crippen LogP contribution in [0.5, 0.6) is 0 Å². The van der Waals surface area contributed by atoms with Crippen molar-refractivity contribution in [2.75, 3.05) is 17.2 Å². The Hall–Kier alpha value is -2.66. The zero-order chi connectivity index (χ0) is 16.8. The first-order valence-corrected chi connectivity index (χ1v) is 8.52. The normalized spacial score (nSPS) is 10.4. The monoisotopic (exact) mass is 340 g/mol. The maximum Gasteiger partial charge on any atom is 0.265 e. The Labute approximate surface area is 144 Å². The zero-order valence-corrected chi connectivity index (χ0v) is 13.8. The van der Waals surface area contributed by atoms with E-state index in [-0.39, 0.29) is 11.7 Å². The minimum atomic E-state index is -0.216. The van der Waals surface area contributed by atoms with Gasteiger partial charge in [0.1, 0.15) is 5.82 Å². The molecule has 0 aliphatic heterocycles. The number of hydrogen-bond donors (Lipinski definition) is 2. The van der Waals surface area contributed by atoms with Crippen LogP contribution in [0.1, 0.15) is 15.2 Å². The number of nitrogens with one attached hydrogen (secondary N) is 2. The Bertz CT molecular complexity index is 783. The van der Waals surface area contributed by atoms with E-state index >= 15 is 0 Å². The molecule has 0 saturated carbocycles. The number of carbonyl (C=O) groups is 1. The predicted molar refractivity (Wildman–Crippen MR) is 97.3 cm³/mol. The van der Waals surface area contributed by atoms with Crippen LogP contribution in [-0.2, 0) is 6.42 Å². The van der Waals surface area contributed by atoms with E-state index in [0.29, 0.717) is 4.88 Å². The lowest BCUT2D eigenvalue weighted by Crippen LogP contribution is -2.10. The molecule has 1 aromatic heterocycles. The second-order valence-electron chi connectivity index (χ2n) is 5.31. The van der Waals surface area contributed by atoms with Gasteiger partial charge in [-0.25, -0.2) is 4.39 Å². The van der Waals surface area contributed by atoms with Crippen LogP contribution in [0.3, 0.4) is 0 Å². The Balaban J connectivity index is 1.49. The van der Waals surface area contributed by atoms with E-state index in [9.17, 15) is 9.18 Å². The average Bonchev–Trinajstić information content (AvgIpc) is 3.13. The molecule has 0 spiro atoms. The summed E-state index contributed by atoms with van der Waals surface area (Å²) in [4.78, 5) is 12.7. The Morgan fingerprint density at radius 1 is 0.958 bits per heavy atom. The largest absolute Gasteiger partial charge is 0.385 e. The molecule has 2 N–H and O–H groups in total. The fourth-order valence-electron chi connectivity index (χ4n) is 2.27. The van der Waals surface area contributed by atoms with Crippen molar-refractivity contribution < 1.29 is 9.18 Å². The van der Waals surface area contributed by atoms with Gasteiger partial charge in [0.15, 0.2) is 0 Å². The summed E-state index contributed by atoms with van der Waals surface area (Å²) in [5.74, 6) is -0.311. The first-order valence-electron chi connectivity index (χ1n) is 7.64. The second kappa shape index (κ2) is 7.75. The lowest BCUT2D eigenvalue weighted by atomic mass is 10.1. The third-order valence-electron chi connectivity index (χ3n) is 3.54. The van der Waals surface area contributed by atoms with Gasteiger partial charge in [-0.15, -0.1) is 11.3 Å². The second-order valence-corrected chi connectivity index (χ2v) is 6.26. The van der Waals surface area contributed by atoms with Crippen LogP contribution >= 0.6 is 11.3 Å². The van der Waals surface area contributed by atoms with Gasteiger partial charge in [0.05, 0.1) is 4.88 Å². The fraction of sp³-hybridized carbons (Fsp3) is 0.105. The van der Waals surface area contributed by atoms with Crippen molar-refractivity contribution >= 4 is 28.6 Å². The smallest absolute Gasteiger partial charge is 0.265 e. The Morgan fingerprint density at radius 2 is 1.67 bits per heavy atom. The van der Waals surface area contributed by atoms with Crippen molar-refractivity contribution in [3.63, 3.8) is 0 Å². The molecule has 0 fully saturated rings. The fourth-order valence-corrected chi connectivity index (χ4v) is 2.89. The van der Waals surface area contributed by atoms with E-state index in [4.69, 9.17) is 0 Å². The van der Waals surface area contributed by atoms with Crippen LogP contribution in [0.4, 0.5) is 15.8 Å². The van der Waals surface area contributed by atoms with Crippen molar-refractivity contribution in [1.29, 1.82) is 0 Å². The molecule has 0 atom stereocenters. The summed E-state index contributed by atoms with van der Waals surface area (Å²) < 4.78 is 12.8. The first kappa shape index (κ1) is 16.2. The molecule has 3 rings (SSSR count). The first-order chi connectivity index (χ1) is 11.7. The van der Waals surface area contributed by atoms with Gasteiger partial charge in [0, 0.05) is 17.9 Å². The van der Waals surface area contributed by atoms with E-state index < -0.39 is 0 Å². The van der Waals surface area contributed by atoms with Crippen molar-refractivity contribution in [3.05, 3.63) is 82.3 Å². The van der Waals surface area contributed by atoms with Gasteiger partial charge < -0.3 is 10.6 Å². The highest BCUT2D eigenvalue weighted by molar-refractivity contribution is 7.12. The van der Waals surface area contributed by atoms with E-state index in [1.165, 1.54) is 23.5 Å². The summed E-state index contributed by atoms with van der Waals surface area (Å²) in [5.41, 5.74) is 2.83. The lowest BCUT2D eigenvalue weighted by Gasteiger charge is -2.08. The molecule has 1 amide bonds. The topological polar surface area (TPSA) is 41.1 Å². The molecule has 0 aliphatic rings. The minimum absolute atomic E-state index is 0.0954. The predicted octanol–water partition coefficient (Wildman–Crippen LogP) is 4.79. The molecular weight excluding hydrogens is 323 g/mol. The summed E-state index contributed by atoms with van der Waals surface area (Å²) in [6.07, 6.45) is 0.817. The Morgan fingerprint density at radius 3 is 2.33 bits per heavy atom. The molecule has 122 valence electrons. The molecule has 0 radical (unpaired) electrons. The third kappa shape index (κ3) is 4.43. The molecule has 0 bridgehead atoms. The number of hydrogen-bond acceptors (Lipinski definition) is 3. The molecule has 24 heavy (non-hydrogen) atoms. The summed E-state index contributed by atoms with van der Waals surface area (Å²) in [7, 11) is 0. The van der Waals surface area contributed by atoms with Crippen molar-refractivity contribution in [2.45, 2.75) is 6.42 Å². The SMILES string of the molecule is O=C(Nc1ccc(NCCc2ccc(F)cc2)cc1)c1cccs1. The van der Waals surface area contributed by atoms with Crippen LogP contribution in [0.25, 0.3) is 0 Å². The lowest BCUT2D eigenvalue weighted by molar-refractivity contribution is 0.103. The number of carbonyl (C=O) groups excluding carboxylic acids is 1. The van der Waals surface area contributed by atoms with Gasteiger partial charge in [0.25, 0.3) is 5.91 Å². The highest BCUT2D eigenvalue weighted by Gasteiger charge is 2.06. The highest BCUT2D eigenvalue weighted by atomic mass is 32.1. The minimum Gasteiger partial charge on any atom is -0.385 e. The molecule has 0 saturated heterocycles. The molecule has 2 aromatic carbocycles. The number of thiophene rings is 1. The summed E-state index contributed by atoms with van der Waals surface area (Å²) >= 11 is 1.42. The maximum atomic E-state index is 12.8. The molecular formula is C19H17FN2OS. The molecule has 0 unspecified atom stereocenters. The van der Waals surface area contributed by atoms with E-state index in [1.807, 2.05) is 35.7 Å². The molecule has 3 aromatic rings. The molecule has 3 nitrogen and oxygen atoms in total. The van der Waals surface area contributed by atoms with E-state index in [2.05, 4.69) is 10.6 Å². The molecule has 1 heterocycles. The van der Waals surface area contributed by atoms with Gasteiger partial charge >= 0.3 is 0 Å². The Kier molecular flexibility index (Phi) is 5.23. The van der Waals surface area contributed by atoms with Gasteiger partial charge in [-0.3, -0.25) is 4.79 Å². The summed E-state index contributed by atoms with van der Waals surface area (Å²) in [6.45, 7) is 0.756. The summed E-state index contributed by atoms with van der Waals surface area (Å²) in [5, 5.41) is 8.06. The van der Waals surface area contributed by atoms with E-state index in [0.717, 1.165) is 29.9 Å². The molecule has 0 aliphatic carbocycles. The van der Waals surface area contributed by atoms with Gasteiger partial charge in [-0.2, -0.15) is 0 Å². The zero-order valence-electron chi connectivity index (χ0n) is 13.0.